The van der Waals surface area contributed by atoms with Crippen LogP contribution in [-0.2, 0) is 0 Å². The Labute approximate surface area is 99.3 Å². The lowest BCUT2D eigenvalue weighted by Gasteiger charge is -2.12. The molecule has 0 bridgehead atoms. The minimum atomic E-state index is -0.912. The van der Waals surface area contributed by atoms with Gasteiger partial charge in [-0.25, -0.2) is 0 Å². The van der Waals surface area contributed by atoms with Crippen LogP contribution in [0.15, 0.2) is 34.7 Å². The summed E-state index contributed by atoms with van der Waals surface area (Å²) in [6, 6.07) is 9.01. The summed E-state index contributed by atoms with van der Waals surface area (Å²) in [5.41, 5.74) is 6.54. The molecule has 1 aromatic carbocycles. The summed E-state index contributed by atoms with van der Waals surface area (Å²) in [6.45, 7) is 1.89. The van der Waals surface area contributed by atoms with Crippen molar-refractivity contribution in [2.45, 2.75) is 25.5 Å². The molecule has 2 aromatic rings. The highest BCUT2D eigenvalue weighted by Gasteiger charge is 2.21. The Balaban J connectivity index is 2.22. The van der Waals surface area contributed by atoms with Gasteiger partial charge in [0.05, 0.1) is 0 Å². The van der Waals surface area contributed by atoms with Crippen molar-refractivity contribution in [3.8, 4) is 11.5 Å². The number of benzene rings is 1. The average molecular weight is 233 g/mol. The first-order chi connectivity index (χ1) is 8.22. The van der Waals surface area contributed by atoms with Crippen molar-refractivity contribution in [3.63, 3.8) is 0 Å². The maximum atomic E-state index is 9.83. The molecule has 0 amide bonds. The summed E-state index contributed by atoms with van der Waals surface area (Å²) in [5.74, 6) is 0.557. The summed E-state index contributed by atoms with van der Waals surface area (Å²) >= 11 is 0. The van der Waals surface area contributed by atoms with Gasteiger partial charge in [0.1, 0.15) is 6.10 Å². The van der Waals surface area contributed by atoms with E-state index in [2.05, 4.69) is 10.2 Å². The predicted molar refractivity (Wildman–Crippen MR) is 63.0 cm³/mol. The van der Waals surface area contributed by atoms with Crippen LogP contribution in [0.4, 0.5) is 0 Å². The quantitative estimate of drug-likeness (QED) is 0.836. The van der Waals surface area contributed by atoms with Crippen molar-refractivity contribution >= 4 is 0 Å². The average Bonchev–Trinajstić information content (AvgIpc) is 2.87. The first-order valence-electron chi connectivity index (χ1n) is 5.55. The molecule has 0 fully saturated rings. The second-order valence-corrected chi connectivity index (χ2v) is 3.83. The minimum Gasteiger partial charge on any atom is -0.418 e. The molecule has 1 heterocycles. The van der Waals surface area contributed by atoms with Gasteiger partial charge in [-0.15, -0.1) is 10.2 Å². The summed E-state index contributed by atoms with van der Waals surface area (Å²) in [6.07, 6.45) is -0.269. The van der Waals surface area contributed by atoms with Gasteiger partial charge in [-0.1, -0.05) is 25.1 Å². The third kappa shape index (κ3) is 2.51. The zero-order valence-electron chi connectivity index (χ0n) is 9.58. The van der Waals surface area contributed by atoms with Crippen LogP contribution in [-0.4, -0.2) is 21.3 Å². The second kappa shape index (κ2) is 5.07. The molecule has 5 heteroatoms. The first-order valence-corrected chi connectivity index (χ1v) is 5.55. The van der Waals surface area contributed by atoms with Gasteiger partial charge in [-0.3, -0.25) is 0 Å². The number of rotatable bonds is 4. The molecule has 0 saturated heterocycles. The fourth-order valence-corrected chi connectivity index (χ4v) is 1.46. The molecule has 0 aliphatic carbocycles. The van der Waals surface area contributed by atoms with Crippen LogP contribution < -0.4 is 5.73 Å². The smallest absolute Gasteiger partial charge is 0.247 e. The van der Waals surface area contributed by atoms with Gasteiger partial charge in [0.15, 0.2) is 0 Å². The lowest BCUT2D eigenvalue weighted by Crippen LogP contribution is -2.27. The van der Waals surface area contributed by atoms with Crippen LogP contribution in [0.25, 0.3) is 11.5 Å². The van der Waals surface area contributed by atoms with Gasteiger partial charge in [-0.2, -0.15) is 0 Å². The van der Waals surface area contributed by atoms with Crippen molar-refractivity contribution in [2.75, 3.05) is 0 Å². The van der Waals surface area contributed by atoms with Crippen LogP contribution >= 0.6 is 0 Å². The fraction of sp³-hybridized carbons (Fsp3) is 0.333. The Morgan fingerprint density at radius 1 is 1.29 bits per heavy atom. The normalized spacial score (nSPS) is 14.5. The molecule has 2 atom stereocenters. The van der Waals surface area contributed by atoms with Crippen LogP contribution in [0, 0.1) is 0 Å². The van der Waals surface area contributed by atoms with E-state index in [-0.39, 0.29) is 11.9 Å². The molecular weight excluding hydrogens is 218 g/mol. The van der Waals surface area contributed by atoms with E-state index in [1.54, 1.807) is 0 Å². The molecule has 0 spiro atoms. The highest BCUT2D eigenvalue weighted by atomic mass is 16.4. The van der Waals surface area contributed by atoms with Crippen molar-refractivity contribution in [2.24, 2.45) is 5.73 Å². The van der Waals surface area contributed by atoms with Crippen LogP contribution in [0.2, 0.25) is 0 Å². The summed E-state index contributed by atoms with van der Waals surface area (Å²) in [5, 5.41) is 17.5. The number of aliphatic hydroxyl groups excluding tert-OH is 1. The van der Waals surface area contributed by atoms with Crippen molar-refractivity contribution in [1.82, 2.24) is 10.2 Å². The third-order valence-electron chi connectivity index (χ3n) is 2.59. The highest BCUT2D eigenvalue weighted by Crippen LogP contribution is 2.22. The fourth-order valence-electron chi connectivity index (χ4n) is 1.46. The van der Waals surface area contributed by atoms with Gasteiger partial charge >= 0.3 is 0 Å². The van der Waals surface area contributed by atoms with Gasteiger partial charge in [0, 0.05) is 11.6 Å². The lowest BCUT2D eigenvalue weighted by atomic mass is 10.1. The van der Waals surface area contributed by atoms with Crippen molar-refractivity contribution in [1.29, 1.82) is 0 Å². The zero-order valence-corrected chi connectivity index (χ0v) is 9.58. The lowest BCUT2D eigenvalue weighted by molar-refractivity contribution is 0.114. The van der Waals surface area contributed by atoms with Gasteiger partial charge in [0.2, 0.25) is 11.8 Å². The van der Waals surface area contributed by atoms with Crippen LogP contribution in [0.5, 0.6) is 0 Å². The minimum absolute atomic E-state index is 0.165. The topological polar surface area (TPSA) is 85.2 Å². The van der Waals surface area contributed by atoms with E-state index < -0.39 is 6.10 Å². The van der Waals surface area contributed by atoms with Gasteiger partial charge in [0.25, 0.3) is 0 Å². The number of hydrogen-bond donors (Lipinski definition) is 2. The molecule has 2 rings (SSSR count). The Morgan fingerprint density at radius 2 is 2.00 bits per heavy atom. The molecule has 90 valence electrons. The van der Waals surface area contributed by atoms with Crippen molar-refractivity contribution < 1.29 is 9.52 Å². The molecule has 3 N–H and O–H groups in total. The molecule has 5 nitrogen and oxygen atoms in total. The number of aromatic nitrogens is 2. The number of aliphatic hydroxyl groups is 1. The molecular formula is C12H15N3O2. The molecule has 1 aromatic heterocycles. The number of hydrogen-bond acceptors (Lipinski definition) is 5. The monoisotopic (exact) mass is 233 g/mol. The maximum Gasteiger partial charge on any atom is 0.247 e. The van der Waals surface area contributed by atoms with Gasteiger partial charge in [-0.05, 0) is 18.6 Å². The molecule has 1 unspecified atom stereocenters. The van der Waals surface area contributed by atoms with Gasteiger partial charge < -0.3 is 15.3 Å². The summed E-state index contributed by atoms with van der Waals surface area (Å²) in [4.78, 5) is 0. The third-order valence-corrected chi connectivity index (χ3v) is 2.59. The molecule has 0 radical (unpaired) electrons. The van der Waals surface area contributed by atoms with Crippen molar-refractivity contribution in [3.05, 3.63) is 36.2 Å². The zero-order chi connectivity index (χ0) is 12.3. The number of nitrogens with two attached hydrogens (primary N) is 1. The SMILES string of the molecule is CCC(N)[C@H](O)c1nnc(-c2ccccc2)o1. The van der Waals surface area contributed by atoms with E-state index in [0.29, 0.717) is 12.3 Å². The molecule has 0 aliphatic heterocycles. The van der Waals surface area contributed by atoms with E-state index in [0.717, 1.165) is 5.56 Å². The van der Waals surface area contributed by atoms with E-state index in [9.17, 15) is 5.11 Å². The summed E-state index contributed by atoms with van der Waals surface area (Å²) < 4.78 is 5.40. The molecule has 17 heavy (non-hydrogen) atoms. The molecule has 0 aliphatic rings. The van der Waals surface area contributed by atoms with E-state index in [1.807, 2.05) is 37.3 Å². The Kier molecular flexibility index (Phi) is 3.51. The van der Waals surface area contributed by atoms with Crippen LogP contribution in [0.1, 0.15) is 25.3 Å². The summed E-state index contributed by atoms with van der Waals surface area (Å²) in [7, 11) is 0. The standard InChI is InChI=1S/C12H15N3O2/c1-2-9(13)10(16)12-15-14-11(17-12)8-6-4-3-5-7-8/h3-7,9-10,16H,2,13H2,1H3/t9?,10-/m0/s1. The molecule has 0 saturated carbocycles. The first kappa shape index (κ1) is 11.8. The Hall–Kier alpha value is -1.72. The van der Waals surface area contributed by atoms with E-state index in [4.69, 9.17) is 10.2 Å². The Morgan fingerprint density at radius 3 is 2.65 bits per heavy atom. The maximum absolute atomic E-state index is 9.83. The predicted octanol–water partition coefficient (Wildman–Crippen LogP) is 1.51. The largest absolute Gasteiger partial charge is 0.418 e. The second-order valence-electron chi connectivity index (χ2n) is 3.83. The van der Waals surface area contributed by atoms with Crippen LogP contribution in [0.3, 0.4) is 0 Å². The number of nitrogens with zero attached hydrogens (tertiary/aromatic N) is 2. The van der Waals surface area contributed by atoms with E-state index in [1.165, 1.54) is 0 Å². The highest BCUT2D eigenvalue weighted by molar-refractivity contribution is 5.51. The Bertz CT molecular complexity index is 470. The van der Waals surface area contributed by atoms with E-state index >= 15 is 0 Å².